The summed E-state index contributed by atoms with van der Waals surface area (Å²) in [4.78, 5) is 1.08. The van der Waals surface area contributed by atoms with Crippen LogP contribution in [0.1, 0.15) is 33.3 Å². The van der Waals surface area contributed by atoms with Crippen LogP contribution in [0, 0.1) is 0 Å². The lowest BCUT2D eigenvalue weighted by molar-refractivity contribution is -0.124. The monoisotopic (exact) mass is 305 g/mol. The zero-order valence-corrected chi connectivity index (χ0v) is 13.2. The van der Waals surface area contributed by atoms with Gasteiger partial charge in [-0.3, -0.25) is 0 Å². The molecule has 1 nitrogen and oxygen atoms in total. The maximum Gasteiger partial charge on any atom is 0.401 e. The highest BCUT2D eigenvalue weighted by Gasteiger charge is 2.26. The van der Waals surface area contributed by atoms with Crippen molar-refractivity contribution < 1.29 is 13.2 Å². The minimum atomic E-state index is -4.14. The molecular weight excluding hydrogens is 283 g/mol. The van der Waals surface area contributed by atoms with E-state index in [1.54, 1.807) is 11.8 Å². The second-order valence-corrected chi connectivity index (χ2v) is 7.46. The number of benzene rings is 1. The number of alkyl halides is 3. The average Bonchev–Trinajstić information content (AvgIpc) is 2.26. The predicted octanol–water partition coefficient (Wildman–Crippen LogP) is 4.62. The molecule has 1 unspecified atom stereocenters. The van der Waals surface area contributed by atoms with Gasteiger partial charge in [-0.2, -0.15) is 13.2 Å². The lowest BCUT2D eigenvalue weighted by Crippen LogP contribution is -2.32. The van der Waals surface area contributed by atoms with E-state index in [2.05, 4.69) is 38.2 Å². The van der Waals surface area contributed by atoms with E-state index >= 15 is 0 Å². The van der Waals surface area contributed by atoms with Crippen molar-refractivity contribution in [1.29, 1.82) is 0 Å². The number of hydrogen-bond donors (Lipinski definition) is 1. The molecule has 0 spiro atoms. The normalized spacial score (nSPS) is 14.3. The van der Waals surface area contributed by atoms with Crippen LogP contribution in [0.15, 0.2) is 29.2 Å². The van der Waals surface area contributed by atoms with Crippen molar-refractivity contribution >= 4 is 11.8 Å². The number of nitrogens with one attached hydrogen (secondary N) is 1. The molecule has 0 saturated carbocycles. The van der Waals surface area contributed by atoms with Crippen molar-refractivity contribution in [3.05, 3.63) is 29.8 Å². The minimum absolute atomic E-state index is 0.0952. The van der Waals surface area contributed by atoms with Gasteiger partial charge >= 0.3 is 6.18 Å². The molecule has 0 fully saturated rings. The molecule has 20 heavy (non-hydrogen) atoms. The van der Waals surface area contributed by atoms with Gasteiger partial charge in [-0.25, -0.2) is 0 Å². The highest BCUT2D eigenvalue weighted by molar-refractivity contribution is 8.00. The zero-order valence-electron chi connectivity index (χ0n) is 12.3. The molecule has 0 saturated heterocycles. The standard InChI is InChI=1S/C15H22F3NS/c1-11(9-19-10-15(16,17)18)20-13-7-5-12(6-8-13)14(2,3)4/h5-8,11,19H,9-10H2,1-4H3. The number of halogens is 3. The Balaban J connectivity index is 2.44. The molecule has 1 aromatic rings. The molecule has 0 heterocycles. The largest absolute Gasteiger partial charge is 0.401 e. The van der Waals surface area contributed by atoms with Crippen LogP contribution in [0.5, 0.6) is 0 Å². The van der Waals surface area contributed by atoms with Crippen LogP contribution in [0.3, 0.4) is 0 Å². The van der Waals surface area contributed by atoms with Crippen LogP contribution < -0.4 is 5.32 Å². The fourth-order valence-electron chi connectivity index (χ4n) is 1.72. The van der Waals surface area contributed by atoms with Gasteiger partial charge in [0.05, 0.1) is 6.54 Å². The summed E-state index contributed by atoms with van der Waals surface area (Å²) in [5, 5.41) is 2.53. The first-order chi connectivity index (χ1) is 9.08. The van der Waals surface area contributed by atoms with Crippen molar-refractivity contribution in [2.24, 2.45) is 0 Å². The number of rotatable bonds is 5. The number of thioether (sulfide) groups is 1. The Kier molecular flexibility index (Phi) is 5.95. The van der Waals surface area contributed by atoms with Crippen LogP contribution in [-0.4, -0.2) is 24.5 Å². The third kappa shape index (κ3) is 6.66. The van der Waals surface area contributed by atoms with Gasteiger partial charge in [0.25, 0.3) is 0 Å². The summed E-state index contributed by atoms with van der Waals surface area (Å²) >= 11 is 1.58. The molecule has 0 radical (unpaired) electrons. The Bertz CT molecular complexity index is 407. The molecular formula is C15H22F3NS. The van der Waals surface area contributed by atoms with E-state index in [1.165, 1.54) is 5.56 Å². The second kappa shape index (κ2) is 6.85. The molecule has 1 atom stereocenters. The van der Waals surface area contributed by atoms with Gasteiger partial charge in [0.1, 0.15) is 0 Å². The Morgan fingerprint density at radius 3 is 2.10 bits per heavy atom. The van der Waals surface area contributed by atoms with Crippen LogP contribution in [0.4, 0.5) is 13.2 Å². The molecule has 0 bridgehead atoms. The third-order valence-electron chi connectivity index (χ3n) is 2.81. The first kappa shape index (κ1) is 17.4. The van der Waals surface area contributed by atoms with Crippen molar-refractivity contribution in [3.8, 4) is 0 Å². The van der Waals surface area contributed by atoms with E-state index in [0.29, 0.717) is 6.54 Å². The van der Waals surface area contributed by atoms with Gasteiger partial charge in [0, 0.05) is 16.7 Å². The Morgan fingerprint density at radius 2 is 1.65 bits per heavy atom. The zero-order chi connectivity index (χ0) is 15.4. The first-order valence-corrected chi connectivity index (χ1v) is 7.50. The fraction of sp³-hybridized carbons (Fsp3) is 0.600. The molecule has 1 N–H and O–H groups in total. The molecule has 0 amide bonds. The predicted molar refractivity (Wildman–Crippen MR) is 79.4 cm³/mol. The van der Waals surface area contributed by atoms with E-state index in [0.717, 1.165) is 4.90 Å². The third-order valence-corrected chi connectivity index (χ3v) is 3.93. The Labute approximate surface area is 123 Å². The maximum absolute atomic E-state index is 12.0. The van der Waals surface area contributed by atoms with Crippen molar-refractivity contribution in [3.63, 3.8) is 0 Å². The lowest BCUT2D eigenvalue weighted by Gasteiger charge is -2.19. The summed E-state index contributed by atoms with van der Waals surface area (Å²) in [6, 6.07) is 8.23. The quantitative estimate of drug-likeness (QED) is 0.797. The first-order valence-electron chi connectivity index (χ1n) is 6.62. The van der Waals surface area contributed by atoms with Crippen LogP contribution in [0.25, 0.3) is 0 Å². The van der Waals surface area contributed by atoms with Crippen LogP contribution in [0.2, 0.25) is 0 Å². The summed E-state index contributed by atoms with van der Waals surface area (Å²) < 4.78 is 36.1. The van der Waals surface area contributed by atoms with E-state index < -0.39 is 12.7 Å². The van der Waals surface area contributed by atoms with Gasteiger partial charge in [0.2, 0.25) is 0 Å². The summed E-state index contributed by atoms with van der Waals surface area (Å²) in [6.45, 7) is 7.79. The molecule has 1 aromatic carbocycles. The summed E-state index contributed by atoms with van der Waals surface area (Å²) in [5.74, 6) is 0. The van der Waals surface area contributed by atoms with Crippen LogP contribution >= 0.6 is 11.8 Å². The molecule has 1 rings (SSSR count). The van der Waals surface area contributed by atoms with E-state index in [-0.39, 0.29) is 10.7 Å². The highest BCUT2D eigenvalue weighted by atomic mass is 32.2. The molecule has 0 aromatic heterocycles. The van der Waals surface area contributed by atoms with E-state index in [1.807, 2.05) is 19.1 Å². The fourth-order valence-corrected chi connectivity index (χ4v) is 2.68. The van der Waals surface area contributed by atoms with Gasteiger partial charge in [-0.1, -0.05) is 39.8 Å². The smallest absolute Gasteiger partial charge is 0.308 e. The lowest BCUT2D eigenvalue weighted by atomic mass is 9.87. The molecule has 0 aliphatic rings. The van der Waals surface area contributed by atoms with Crippen molar-refractivity contribution in [2.75, 3.05) is 13.1 Å². The molecule has 0 aliphatic heterocycles. The van der Waals surface area contributed by atoms with Gasteiger partial charge in [-0.05, 0) is 23.1 Å². The molecule has 114 valence electrons. The number of hydrogen-bond acceptors (Lipinski definition) is 2. The van der Waals surface area contributed by atoms with E-state index in [9.17, 15) is 13.2 Å². The van der Waals surface area contributed by atoms with Gasteiger partial charge in [0.15, 0.2) is 0 Å². The maximum atomic E-state index is 12.0. The highest BCUT2D eigenvalue weighted by Crippen LogP contribution is 2.27. The summed E-state index contributed by atoms with van der Waals surface area (Å²) in [6.07, 6.45) is -4.14. The van der Waals surface area contributed by atoms with Gasteiger partial charge in [-0.15, -0.1) is 11.8 Å². The van der Waals surface area contributed by atoms with Crippen molar-refractivity contribution in [2.45, 2.75) is 49.4 Å². The Hall–Kier alpha value is -0.680. The minimum Gasteiger partial charge on any atom is -0.308 e. The molecule has 5 heteroatoms. The average molecular weight is 305 g/mol. The Morgan fingerprint density at radius 1 is 1.10 bits per heavy atom. The van der Waals surface area contributed by atoms with Gasteiger partial charge < -0.3 is 5.32 Å². The summed E-state index contributed by atoms with van der Waals surface area (Å²) in [7, 11) is 0. The van der Waals surface area contributed by atoms with Crippen LogP contribution in [-0.2, 0) is 5.41 Å². The second-order valence-electron chi connectivity index (χ2n) is 5.95. The van der Waals surface area contributed by atoms with E-state index in [4.69, 9.17) is 0 Å². The SMILES string of the molecule is CC(CNCC(F)(F)F)Sc1ccc(C(C)(C)C)cc1. The summed E-state index contributed by atoms with van der Waals surface area (Å²) in [5.41, 5.74) is 1.37. The topological polar surface area (TPSA) is 12.0 Å². The molecule has 0 aliphatic carbocycles. The van der Waals surface area contributed by atoms with Crippen molar-refractivity contribution in [1.82, 2.24) is 5.32 Å².